The van der Waals surface area contributed by atoms with E-state index < -0.39 is 22.6 Å². The highest BCUT2D eigenvalue weighted by molar-refractivity contribution is 7.99. The van der Waals surface area contributed by atoms with Crippen LogP contribution in [0.4, 0.5) is 13.2 Å². The minimum Gasteiger partial charge on any atom is -0.325 e. The summed E-state index contributed by atoms with van der Waals surface area (Å²) < 4.78 is 59.4. The second kappa shape index (κ2) is 5.96. The molecule has 1 aromatic rings. The Morgan fingerprint density at radius 1 is 1.44 bits per heavy atom. The van der Waals surface area contributed by atoms with Crippen molar-refractivity contribution < 1.29 is 21.6 Å². The van der Waals surface area contributed by atoms with Crippen molar-refractivity contribution in [2.75, 3.05) is 17.8 Å². The number of halogens is 3. The van der Waals surface area contributed by atoms with Gasteiger partial charge in [0.25, 0.3) is 0 Å². The Morgan fingerprint density at radius 2 is 2.11 bits per heavy atom. The average molecular weight is 302 g/mol. The molecule has 0 saturated carbocycles. The van der Waals surface area contributed by atoms with Crippen LogP contribution in [0.3, 0.4) is 0 Å². The van der Waals surface area contributed by atoms with E-state index in [9.17, 15) is 21.6 Å². The van der Waals surface area contributed by atoms with E-state index in [1.165, 1.54) is 24.2 Å². The number of thioether (sulfide) groups is 1. The fourth-order valence-corrected chi connectivity index (χ4v) is 3.44. The van der Waals surface area contributed by atoms with Crippen molar-refractivity contribution in [2.24, 2.45) is 0 Å². The van der Waals surface area contributed by atoms with E-state index in [4.69, 9.17) is 0 Å². The van der Waals surface area contributed by atoms with E-state index in [1.54, 1.807) is 0 Å². The first-order valence-electron chi connectivity index (χ1n) is 4.99. The van der Waals surface area contributed by atoms with Gasteiger partial charge in [0, 0.05) is 24.4 Å². The Morgan fingerprint density at radius 3 is 2.67 bits per heavy atom. The maximum atomic E-state index is 12.2. The van der Waals surface area contributed by atoms with Crippen LogP contribution in [-0.2, 0) is 22.1 Å². The summed E-state index contributed by atoms with van der Waals surface area (Å²) in [5.74, 6) is 0.916. The topological polar surface area (TPSA) is 52.0 Å². The molecular weight excluding hydrogens is 289 g/mol. The van der Waals surface area contributed by atoms with Gasteiger partial charge in [0.1, 0.15) is 22.2 Å². The van der Waals surface area contributed by atoms with Crippen molar-refractivity contribution in [2.45, 2.75) is 18.5 Å². The molecular formula is C9H13F3N2O2S2. The molecule has 0 unspecified atom stereocenters. The number of alkyl halides is 3. The minimum atomic E-state index is -4.28. The van der Waals surface area contributed by atoms with Crippen molar-refractivity contribution in [3.63, 3.8) is 0 Å². The number of hydrogen-bond donors (Lipinski definition) is 0. The Hall–Kier alpha value is -0.700. The first kappa shape index (κ1) is 15.4. The third-order valence-corrected chi connectivity index (χ3v) is 4.14. The van der Waals surface area contributed by atoms with Crippen LogP contribution in [0, 0.1) is 0 Å². The van der Waals surface area contributed by atoms with Gasteiger partial charge in [0.05, 0.1) is 11.5 Å². The van der Waals surface area contributed by atoms with Gasteiger partial charge < -0.3 is 4.57 Å². The van der Waals surface area contributed by atoms with Crippen LogP contribution in [0.2, 0.25) is 0 Å². The van der Waals surface area contributed by atoms with E-state index in [0.717, 1.165) is 10.8 Å². The molecule has 0 atom stereocenters. The second-order valence-corrected chi connectivity index (χ2v) is 7.13. The summed E-state index contributed by atoms with van der Waals surface area (Å²) in [5.41, 5.74) is 0. The molecule has 18 heavy (non-hydrogen) atoms. The molecule has 0 fully saturated rings. The molecule has 1 heterocycles. The average Bonchev–Trinajstić information content (AvgIpc) is 2.56. The van der Waals surface area contributed by atoms with Crippen LogP contribution in [-0.4, -0.2) is 41.9 Å². The van der Waals surface area contributed by atoms with Gasteiger partial charge in [-0.25, -0.2) is 13.4 Å². The summed E-state index contributed by atoms with van der Waals surface area (Å²) in [6.45, 7) is -1.07. The largest absolute Gasteiger partial charge is 0.406 e. The molecule has 0 bridgehead atoms. The van der Waals surface area contributed by atoms with Gasteiger partial charge in [0.15, 0.2) is 0 Å². The maximum absolute atomic E-state index is 12.2. The standard InChI is InChI=1S/C9H13F3N2O2S2/c1-18(15,16)5-4-17-6-8-13-2-3-14(8)7-9(10,11)12/h2-3H,4-7H2,1H3. The first-order valence-corrected chi connectivity index (χ1v) is 8.21. The summed E-state index contributed by atoms with van der Waals surface area (Å²) in [4.78, 5) is 3.83. The van der Waals surface area contributed by atoms with Gasteiger partial charge in [-0.1, -0.05) is 0 Å². The lowest BCUT2D eigenvalue weighted by atomic mass is 10.5. The van der Waals surface area contributed by atoms with Crippen molar-refractivity contribution in [3.8, 4) is 0 Å². The van der Waals surface area contributed by atoms with Gasteiger partial charge >= 0.3 is 6.18 Å². The van der Waals surface area contributed by atoms with Crippen molar-refractivity contribution >= 4 is 21.6 Å². The summed E-state index contributed by atoms with van der Waals surface area (Å²) in [5, 5.41) is 0. The Balaban J connectivity index is 2.46. The zero-order chi connectivity index (χ0) is 13.8. The third-order valence-electron chi connectivity index (χ3n) is 1.98. The van der Waals surface area contributed by atoms with Crippen LogP contribution in [0.15, 0.2) is 12.4 Å². The molecule has 0 radical (unpaired) electrons. The number of hydrogen-bond acceptors (Lipinski definition) is 4. The van der Waals surface area contributed by atoms with E-state index >= 15 is 0 Å². The van der Waals surface area contributed by atoms with Crippen LogP contribution >= 0.6 is 11.8 Å². The lowest BCUT2D eigenvalue weighted by Gasteiger charge is -2.10. The Labute approximate surface area is 108 Å². The third kappa shape index (κ3) is 6.29. The van der Waals surface area contributed by atoms with Gasteiger partial charge in [-0.15, -0.1) is 0 Å². The molecule has 1 rings (SSSR count). The quantitative estimate of drug-likeness (QED) is 0.751. The monoisotopic (exact) mass is 302 g/mol. The summed E-state index contributed by atoms with van der Waals surface area (Å²) >= 11 is 1.25. The van der Waals surface area contributed by atoms with Gasteiger partial charge in [-0.2, -0.15) is 24.9 Å². The highest BCUT2D eigenvalue weighted by Gasteiger charge is 2.28. The van der Waals surface area contributed by atoms with Crippen LogP contribution in [0.1, 0.15) is 5.82 Å². The lowest BCUT2D eigenvalue weighted by Crippen LogP contribution is -2.18. The van der Waals surface area contributed by atoms with Gasteiger partial charge in [-0.3, -0.25) is 0 Å². The number of aromatic nitrogens is 2. The molecule has 104 valence electrons. The predicted octanol–water partition coefficient (Wildman–Crippen LogP) is 1.72. The van der Waals surface area contributed by atoms with Crippen molar-refractivity contribution in [3.05, 3.63) is 18.2 Å². The van der Waals surface area contributed by atoms with E-state index in [0.29, 0.717) is 11.6 Å². The Bertz CT molecular complexity index is 482. The summed E-state index contributed by atoms with van der Waals surface area (Å²) in [6.07, 6.45) is -0.594. The molecule has 9 heteroatoms. The molecule has 0 aromatic carbocycles. The summed E-state index contributed by atoms with van der Waals surface area (Å²) in [6, 6.07) is 0. The lowest BCUT2D eigenvalue weighted by molar-refractivity contribution is -0.140. The van der Waals surface area contributed by atoms with E-state index in [-0.39, 0.29) is 11.5 Å². The molecule has 0 aliphatic carbocycles. The molecule has 0 saturated heterocycles. The predicted molar refractivity (Wildman–Crippen MR) is 64.2 cm³/mol. The van der Waals surface area contributed by atoms with E-state index in [2.05, 4.69) is 4.98 Å². The number of rotatable bonds is 6. The first-order chi connectivity index (χ1) is 8.17. The van der Waals surface area contributed by atoms with Crippen LogP contribution in [0.25, 0.3) is 0 Å². The fraction of sp³-hybridized carbons (Fsp3) is 0.667. The highest BCUT2D eigenvalue weighted by Crippen LogP contribution is 2.20. The van der Waals surface area contributed by atoms with Gasteiger partial charge in [0.2, 0.25) is 0 Å². The normalized spacial score (nSPS) is 12.9. The zero-order valence-corrected chi connectivity index (χ0v) is 11.3. The molecule has 0 amide bonds. The fourth-order valence-electron chi connectivity index (χ4n) is 1.19. The maximum Gasteiger partial charge on any atom is 0.406 e. The smallest absolute Gasteiger partial charge is 0.325 e. The SMILES string of the molecule is CS(=O)(=O)CCSCc1nccn1CC(F)(F)F. The van der Waals surface area contributed by atoms with Crippen LogP contribution < -0.4 is 0 Å². The zero-order valence-electron chi connectivity index (χ0n) is 9.64. The molecule has 0 aliphatic rings. The number of nitrogens with zero attached hydrogens (tertiary/aromatic N) is 2. The molecule has 1 aromatic heterocycles. The molecule has 0 N–H and O–H groups in total. The van der Waals surface area contributed by atoms with Gasteiger partial charge in [-0.05, 0) is 0 Å². The molecule has 4 nitrogen and oxygen atoms in total. The number of sulfone groups is 1. The van der Waals surface area contributed by atoms with E-state index in [1.807, 2.05) is 0 Å². The van der Waals surface area contributed by atoms with Crippen molar-refractivity contribution in [1.29, 1.82) is 0 Å². The Kier molecular flexibility index (Phi) is 5.09. The van der Waals surface area contributed by atoms with Crippen LogP contribution in [0.5, 0.6) is 0 Å². The highest BCUT2D eigenvalue weighted by atomic mass is 32.2. The van der Waals surface area contributed by atoms with Crippen molar-refractivity contribution in [1.82, 2.24) is 9.55 Å². The second-order valence-electron chi connectivity index (χ2n) is 3.77. The molecule has 0 spiro atoms. The molecule has 0 aliphatic heterocycles. The number of imidazole rings is 1. The summed E-state index contributed by atoms with van der Waals surface area (Å²) in [7, 11) is -3.03. The minimum absolute atomic E-state index is 0.0116.